The Morgan fingerprint density at radius 1 is 1.14 bits per heavy atom. The minimum absolute atomic E-state index is 0.0435. The van der Waals surface area contributed by atoms with Crippen LogP contribution < -0.4 is 9.47 Å². The van der Waals surface area contributed by atoms with Crippen LogP contribution in [0.15, 0.2) is 30.5 Å². The summed E-state index contributed by atoms with van der Waals surface area (Å²) in [5.74, 6) is 0.904. The molecule has 0 fully saturated rings. The molecule has 2 aromatic heterocycles. The van der Waals surface area contributed by atoms with Crippen LogP contribution in [0.25, 0.3) is 33.1 Å². The number of ether oxygens (including phenoxy) is 2. The minimum atomic E-state index is -0.732. The highest BCUT2D eigenvalue weighted by atomic mass is 35.5. The number of hydrogen-bond acceptors (Lipinski definition) is 7. The van der Waals surface area contributed by atoms with Crippen molar-refractivity contribution in [3.8, 4) is 28.5 Å². The van der Waals surface area contributed by atoms with Gasteiger partial charge in [0.15, 0.2) is 17.1 Å². The zero-order valence-electron chi connectivity index (χ0n) is 20.9. The second-order valence-electron chi connectivity index (χ2n) is 8.80. The van der Waals surface area contributed by atoms with Crippen LogP contribution in [0.1, 0.15) is 12.5 Å². The van der Waals surface area contributed by atoms with Crippen molar-refractivity contribution < 1.29 is 19.0 Å². The fourth-order valence-electron chi connectivity index (χ4n) is 4.27. The van der Waals surface area contributed by atoms with Crippen molar-refractivity contribution in [1.29, 1.82) is 0 Å². The lowest BCUT2D eigenvalue weighted by Crippen LogP contribution is -2.34. The van der Waals surface area contributed by atoms with Gasteiger partial charge in [0.1, 0.15) is 19.0 Å². The molecule has 2 N–H and O–H groups in total. The van der Waals surface area contributed by atoms with E-state index in [0.29, 0.717) is 56.7 Å². The van der Waals surface area contributed by atoms with Gasteiger partial charge in [0, 0.05) is 36.0 Å². The maximum absolute atomic E-state index is 14.5. The first-order valence-electron chi connectivity index (χ1n) is 11.8. The maximum atomic E-state index is 14.5. The Hall–Kier alpha value is -3.14. The summed E-state index contributed by atoms with van der Waals surface area (Å²) in [5.41, 5.74) is 2.06. The smallest absolute Gasteiger partial charge is 0.169 e. The Kier molecular flexibility index (Phi) is 8.13. The number of pyridine rings is 1. The normalized spacial score (nSPS) is 11.8. The highest BCUT2D eigenvalue weighted by Gasteiger charge is 2.23. The van der Waals surface area contributed by atoms with Crippen LogP contribution in [0.5, 0.6) is 17.2 Å². The highest BCUT2D eigenvalue weighted by molar-refractivity contribution is 6.32. The molecule has 4 rings (SSSR count). The van der Waals surface area contributed by atoms with Crippen molar-refractivity contribution in [2.24, 2.45) is 0 Å². The number of H-pyrrole nitrogens is 1. The number of hydrogen-bond donors (Lipinski definition) is 2. The zero-order valence-corrected chi connectivity index (χ0v) is 21.7. The molecule has 0 saturated heterocycles. The van der Waals surface area contributed by atoms with Crippen molar-refractivity contribution in [2.45, 2.75) is 13.6 Å². The predicted molar refractivity (Wildman–Crippen MR) is 141 cm³/mol. The van der Waals surface area contributed by atoms with Gasteiger partial charge in [-0.15, -0.1) is 0 Å². The first kappa shape index (κ1) is 25.9. The number of phenolic OH excluding ortho intramolecular Hbond substituents is 1. The summed E-state index contributed by atoms with van der Waals surface area (Å²) in [4.78, 5) is 9.16. The Labute approximate surface area is 214 Å². The number of methoxy groups -OCH3 is 1. The molecule has 0 radical (unpaired) electrons. The third kappa shape index (κ3) is 5.18. The van der Waals surface area contributed by atoms with E-state index in [2.05, 4.69) is 41.0 Å². The van der Waals surface area contributed by atoms with Crippen LogP contribution in [-0.4, -0.2) is 84.1 Å². The van der Waals surface area contributed by atoms with E-state index in [9.17, 15) is 9.50 Å². The van der Waals surface area contributed by atoms with Crippen LogP contribution in [0.2, 0.25) is 5.02 Å². The van der Waals surface area contributed by atoms with Gasteiger partial charge in [0.05, 0.1) is 29.4 Å². The molecule has 0 amide bonds. The number of benzene rings is 2. The molecule has 36 heavy (non-hydrogen) atoms. The number of aromatic hydroxyl groups is 1. The van der Waals surface area contributed by atoms with E-state index in [4.69, 9.17) is 26.1 Å². The Morgan fingerprint density at radius 3 is 2.61 bits per heavy atom. The molecule has 0 atom stereocenters. The topological polar surface area (TPSA) is 86.7 Å². The standard InChI is InChI=1S/C26H31ClFN5O3/c1-5-33(9-8-32(2)3)10-11-36-21-13-17(14-28)22-23(25(21)35-4)18-15-29-31-26(18)30-24(22)16-6-7-20(34)19(27)12-16/h6-7,12-13,15,34H,5,8-11,14H2,1-4H3,(H,29,30,31). The highest BCUT2D eigenvalue weighted by Crippen LogP contribution is 2.45. The summed E-state index contributed by atoms with van der Waals surface area (Å²) in [6.07, 6.45) is 1.65. The molecule has 4 aromatic rings. The van der Waals surface area contributed by atoms with Crippen molar-refractivity contribution in [2.75, 3.05) is 54.0 Å². The first-order valence-corrected chi connectivity index (χ1v) is 12.2. The van der Waals surface area contributed by atoms with Gasteiger partial charge in [-0.1, -0.05) is 18.5 Å². The fourth-order valence-corrected chi connectivity index (χ4v) is 4.45. The minimum Gasteiger partial charge on any atom is -0.506 e. The lowest BCUT2D eigenvalue weighted by molar-refractivity contribution is 0.197. The summed E-state index contributed by atoms with van der Waals surface area (Å²) < 4.78 is 26.5. The molecule has 0 saturated carbocycles. The Morgan fingerprint density at radius 2 is 1.94 bits per heavy atom. The van der Waals surface area contributed by atoms with Crippen molar-refractivity contribution in [1.82, 2.24) is 25.0 Å². The van der Waals surface area contributed by atoms with E-state index in [-0.39, 0.29) is 10.8 Å². The summed E-state index contributed by atoms with van der Waals surface area (Å²) in [6, 6.07) is 6.46. The third-order valence-electron chi connectivity index (χ3n) is 6.22. The average molecular weight is 516 g/mol. The van der Waals surface area contributed by atoms with Crippen LogP contribution in [0.4, 0.5) is 4.39 Å². The van der Waals surface area contributed by atoms with Gasteiger partial charge in [-0.3, -0.25) is 10.00 Å². The van der Waals surface area contributed by atoms with Gasteiger partial charge >= 0.3 is 0 Å². The molecule has 0 spiro atoms. The molecule has 0 unspecified atom stereocenters. The largest absolute Gasteiger partial charge is 0.506 e. The van der Waals surface area contributed by atoms with Gasteiger partial charge in [-0.25, -0.2) is 9.37 Å². The van der Waals surface area contributed by atoms with E-state index in [0.717, 1.165) is 26.2 Å². The SMILES string of the molecule is CCN(CCOc1cc(CF)c2c(-c3ccc(O)c(Cl)c3)nc3[nH]ncc3c2c1OC)CCN(C)C. The summed E-state index contributed by atoms with van der Waals surface area (Å²) in [6.45, 7) is 5.32. The number of phenols is 1. The van der Waals surface area contributed by atoms with Gasteiger partial charge < -0.3 is 19.5 Å². The summed E-state index contributed by atoms with van der Waals surface area (Å²) in [5, 5.41) is 19.1. The number of likely N-dealkylation sites (N-methyl/N-ethyl adjacent to an activating group) is 2. The number of aromatic amines is 1. The molecule has 0 bridgehead atoms. The third-order valence-corrected chi connectivity index (χ3v) is 6.52. The predicted octanol–water partition coefficient (Wildman–Crippen LogP) is 4.88. The molecule has 0 aliphatic heterocycles. The second kappa shape index (κ2) is 11.3. The zero-order chi connectivity index (χ0) is 25.8. The number of fused-ring (bicyclic) bond motifs is 3. The lowest BCUT2D eigenvalue weighted by Gasteiger charge is -2.23. The number of rotatable bonds is 11. The van der Waals surface area contributed by atoms with Crippen molar-refractivity contribution in [3.63, 3.8) is 0 Å². The summed E-state index contributed by atoms with van der Waals surface area (Å²) >= 11 is 6.18. The average Bonchev–Trinajstić information content (AvgIpc) is 3.35. The van der Waals surface area contributed by atoms with E-state index in [1.165, 1.54) is 6.07 Å². The number of halogens is 2. The molecule has 0 aliphatic rings. The lowest BCUT2D eigenvalue weighted by atomic mass is 9.96. The Bertz CT molecular complexity index is 1360. The molecular weight excluding hydrogens is 485 g/mol. The molecule has 8 nitrogen and oxygen atoms in total. The number of nitrogens with one attached hydrogen (secondary N) is 1. The van der Waals surface area contributed by atoms with E-state index >= 15 is 0 Å². The van der Waals surface area contributed by atoms with Crippen LogP contribution in [0.3, 0.4) is 0 Å². The van der Waals surface area contributed by atoms with Gasteiger partial charge in [-0.2, -0.15) is 5.10 Å². The van der Waals surface area contributed by atoms with E-state index < -0.39 is 6.67 Å². The number of aromatic nitrogens is 3. The van der Waals surface area contributed by atoms with Gasteiger partial charge in [0.2, 0.25) is 0 Å². The quantitative estimate of drug-likeness (QED) is 0.294. The van der Waals surface area contributed by atoms with Crippen molar-refractivity contribution in [3.05, 3.63) is 41.0 Å². The molecule has 10 heteroatoms. The molecular formula is C26H31ClFN5O3. The number of alkyl halides is 1. The number of nitrogens with zero attached hydrogens (tertiary/aromatic N) is 4. The molecule has 2 aromatic carbocycles. The second-order valence-corrected chi connectivity index (χ2v) is 9.20. The summed E-state index contributed by atoms with van der Waals surface area (Å²) in [7, 11) is 5.67. The van der Waals surface area contributed by atoms with Crippen LogP contribution in [-0.2, 0) is 6.67 Å². The molecule has 2 heterocycles. The van der Waals surface area contributed by atoms with E-state index in [1.807, 2.05) is 0 Å². The Balaban J connectivity index is 1.81. The van der Waals surface area contributed by atoms with Crippen LogP contribution in [0, 0.1) is 0 Å². The van der Waals surface area contributed by atoms with Crippen LogP contribution >= 0.6 is 11.6 Å². The maximum Gasteiger partial charge on any atom is 0.169 e. The molecule has 192 valence electrons. The van der Waals surface area contributed by atoms with Crippen molar-refractivity contribution >= 4 is 33.4 Å². The monoisotopic (exact) mass is 515 g/mol. The van der Waals surface area contributed by atoms with E-state index in [1.54, 1.807) is 31.5 Å². The van der Waals surface area contributed by atoms with Gasteiger partial charge in [-0.05, 0) is 50.5 Å². The molecule has 0 aliphatic carbocycles. The fraction of sp³-hybridized carbons (Fsp3) is 0.385. The first-order chi connectivity index (χ1) is 17.4. The van der Waals surface area contributed by atoms with Gasteiger partial charge in [0.25, 0.3) is 0 Å².